The van der Waals surface area contributed by atoms with E-state index in [0.717, 1.165) is 9.47 Å². The Balaban J connectivity index is 1.85. The Morgan fingerprint density at radius 3 is 2.42 bits per heavy atom. The maximum Gasteiger partial charge on any atom is 0.408 e. The molecule has 3 heterocycles. The number of nitrogens with zero attached hydrogens (tertiary/aromatic N) is 4. The molecule has 160 valence electrons. The lowest BCUT2D eigenvalue weighted by atomic mass is 10.1. The van der Waals surface area contributed by atoms with Gasteiger partial charge in [-0.3, -0.25) is 19.1 Å². The van der Waals surface area contributed by atoms with Crippen molar-refractivity contribution in [2.45, 2.75) is 25.2 Å². The monoisotopic (exact) mass is 432 g/mol. The zero-order chi connectivity index (χ0) is 22.2. The molecule has 1 atom stereocenters. The predicted octanol–water partition coefficient (Wildman–Crippen LogP) is 3.47. The summed E-state index contributed by atoms with van der Waals surface area (Å²) >= 11 is 0. The van der Waals surface area contributed by atoms with E-state index in [1.54, 1.807) is 18.2 Å². The van der Waals surface area contributed by atoms with Crippen LogP contribution in [0.15, 0.2) is 59.7 Å². The standard InChI is InChI=1S/C21H16F4N4O2/c22-17-18(14-6-9-26-10-7-14)27-20-28(19(17)31)11-8-16(21(23,24)25)29(20)12-15(30)13-4-2-1-3-5-13/h1-7,9-10,16H,8,11-12H2. The fraction of sp³-hybridized carbons (Fsp3) is 0.238. The van der Waals surface area contributed by atoms with Crippen LogP contribution in [0.3, 0.4) is 0 Å². The smallest absolute Gasteiger partial charge is 0.322 e. The number of alkyl halides is 3. The second kappa shape index (κ2) is 7.93. The van der Waals surface area contributed by atoms with Crippen molar-refractivity contribution in [3.8, 4) is 11.3 Å². The molecule has 0 N–H and O–H groups in total. The molecule has 3 aromatic rings. The van der Waals surface area contributed by atoms with Crippen molar-refractivity contribution in [1.29, 1.82) is 0 Å². The Hall–Kier alpha value is -3.56. The SMILES string of the molecule is O=C(CN1c2nc(-c3ccncc3)c(F)c(=O)n2CCC1C(F)(F)F)c1ccccc1. The molecule has 2 aromatic heterocycles. The number of benzene rings is 1. The number of fused-ring (bicyclic) bond motifs is 1. The highest BCUT2D eigenvalue weighted by molar-refractivity contribution is 5.99. The number of Topliss-reactive ketones (excluding diaryl/α,β-unsaturated/α-hetero) is 1. The van der Waals surface area contributed by atoms with E-state index in [1.807, 2.05) is 0 Å². The molecule has 1 aliphatic heterocycles. The van der Waals surface area contributed by atoms with Gasteiger partial charge in [-0.2, -0.15) is 17.6 Å². The molecule has 0 fully saturated rings. The molecule has 0 bridgehead atoms. The van der Waals surface area contributed by atoms with Crippen LogP contribution >= 0.6 is 0 Å². The van der Waals surface area contributed by atoms with Crippen LogP contribution in [0.2, 0.25) is 0 Å². The summed E-state index contributed by atoms with van der Waals surface area (Å²) in [6.07, 6.45) is -2.48. The number of hydrogen-bond acceptors (Lipinski definition) is 5. The number of anilines is 1. The Bertz CT molecular complexity index is 1160. The van der Waals surface area contributed by atoms with Crippen LogP contribution in [0.1, 0.15) is 16.8 Å². The van der Waals surface area contributed by atoms with Crippen LogP contribution in [0.4, 0.5) is 23.5 Å². The van der Waals surface area contributed by atoms with Crippen molar-refractivity contribution in [2.24, 2.45) is 0 Å². The summed E-state index contributed by atoms with van der Waals surface area (Å²) in [7, 11) is 0. The molecule has 1 aromatic carbocycles. The van der Waals surface area contributed by atoms with E-state index >= 15 is 0 Å². The van der Waals surface area contributed by atoms with Crippen molar-refractivity contribution in [1.82, 2.24) is 14.5 Å². The van der Waals surface area contributed by atoms with Crippen LogP contribution in [0, 0.1) is 5.82 Å². The number of hydrogen-bond donors (Lipinski definition) is 0. The van der Waals surface area contributed by atoms with E-state index in [4.69, 9.17) is 0 Å². The van der Waals surface area contributed by atoms with Gasteiger partial charge in [0.05, 0.1) is 6.54 Å². The first-order valence-electron chi connectivity index (χ1n) is 9.39. The van der Waals surface area contributed by atoms with Gasteiger partial charge < -0.3 is 4.90 Å². The maximum absolute atomic E-state index is 14.7. The largest absolute Gasteiger partial charge is 0.408 e. The molecule has 31 heavy (non-hydrogen) atoms. The maximum atomic E-state index is 14.7. The second-order valence-electron chi connectivity index (χ2n) is 7.03. The normalized spacial score (nSPS) is 16.1. The summed E-state index contributed by atoms with van der Waals surface area (Å²) < 4.78 is 57.0. The minimum atomic E-state index is -4.68. The van der Waals surface area contributed by atoms with Crippen LogP contribution in [-0.2, 0) is 6.54 Å². The quantitative estimate of drug-likeness (QED) is 0.467. The van der Waals surface area contributed by atoms with E-state index in [2.05, 4.69) is 9.97 Å². The highest BCUT2D eigenvalue weighted by Crippen LogP contribution is 2.35. The Morgan fingerprint density at radius 2 is 1.77 bits per heavy atom. The van der Waals surface area contributed by atoms with Gasteiger partial charge in [-0.15, -0.1) is 0 Å². The summed E-state index contributed by atoms with van der Waals surface area (Å²) in [5.41, 5.74) is -1.07. The summed E-state index contributed by atoms with van der Waals surface area (Å²) in [6.45, 7) is -1.03. The van der Waals surface area contributed by atoms with Gasteiger partial charge in [0.15, 0.2) is 5.78 Å². The zero-order valence-electron chi connectivity index (χ0n) is 16.0. The Morgan fingerprint density at radius 1 is 1.10 bits per heavy atom. The van der Waals surface area contributed by atoms with E-state index in [9.17, 15) is 27.2 Å². The van der Waals surface area contributed by atoms with E-state index in [0.29, 0.717) is 0 Å². The topological polar surface area (TPSA) is 68.1 Å². The van der Waals surface area contributed by atoms with Crippen LogP contribution < -0.4 is 10.5 Å². The van der Waals surface area contributed by atoms with Gasteiger partial charge in [0.1, 0.15) is 11.7 Å². The molecule has 0 spiro atoms. The van der Waals surface area contributed by atoms with Gasteiger partial charge >= 0.3 is 6.18 Å². The van der Waals surface area contributed by atoms with Gasteiger partial charge in [0.2, 0.25) is 11.8 Å². The first kappa shape index (κ1) is 20.7. The molecule has 0 saturated carbocycles. The fourth-order valence-corrected chi connectivity index (χ4v) is 3.58. The van der Waals surface area contributed by atoms with Gasteiger partial charge in [0.25, 0.3) is 5.56 Å². The van der Waals surface area contributed by atoms with E-state index in [-0.39, 0.29) is 17.7 Å². The van der Waals surface area contributed by atoms with Gasteiger partial charge in [0, 0.05) is 30.1 Å². The lowest BCUT2D eigenvalue weighted by Crippen LogP contribution is -2.54. The minimum Gasteiger partial charge on any atom is -0.322 e. The summed E-state index contributed by atoms with van der Waals surface area (Å²) in [5.74, 6) is -2.14. The first-order valence-corrected chi connectivity index (χ1v) is 9.39. The minimum absolute atomic E-state index is 0.191. The highest BCUT2D eigenvalue weighted by Gasteiger charge is 2.47. The summed E-state index contributed by atoms with van der Waals surface area (Å²) in [6, 6.07) is 8.59. The van der Waals surface area contributed by atoms with Gasteiger partial charge in [-0.25, -0.2) is 4.98 Å². The lowest BCUT2D eigenvalue weighted by molar-refractivity contribution is -0.152. The number of pyridine rings is 1. The third kappa shape index (κ3) is 3.92. The number of carbonyl (C=O) groups excluding carboxylic acids is 1. The highest BCUT2D eigenvalue weighted by atomic mass is 19.4. The molecule has 1 unspecified atom stereocenters. The van der Waals surface area contributed by atoms with Crippen LogP contribution in [-0.4, -0.2) is 39.1 Å². The molecular formula is C21H16F4N4O2. The number of halogens is 4. The third-order valence-corrected chi connectivity index (χ3v) is 5.09. The molecule has 6 nitrogen and oxygen atoms in total. The zero-order valence-corrected chi connectivity index (χ0v) is 16.0. The van der Waals surface area contributed by atoms with Crippen molar-refractivity contribution in [2.75, 3.05) is 11.4 Å². The van der Waals surface area contributed by atoms with Gasteiger partial charge in [-0.1, -0.05) is 30.3 Å². The average Bonchev–Trinajstić information content (AvgIpc) is 2.76. The van der Waals surface area contributed by atoms with Crippen LogP contribution in [0.5, 0.6) is 0 Å². The van der Waals surface area contributed by atoms with E-state index in [1.165, 1.54) is 36.7 Å². The van der Waals surface area contributed by atoms with Crippen molar-refractivity contribution >= 4 is 11.7 Å². The number of rotatable bonds is 4. The molecule has 0 radical (unpaired) electrons. The van der Waals surface area contributed by atoms with Crippen LogP contribution in [0.25, 0.3) is 11.3 Å². The van der Waals surface area contributed by atoms with Crippen molar-refractivity contribution in [3.63, 3.8) is 0 Å². The van der Waals surface area contributed by atoms with E-state index < -0.39 is 54.0 Å². The second-order valence-corrected chi connectivity index (χ2v) is 7.03. The molecule has 10 heteroatoms. The summed E-state index contributed by atoms with van der Waals surface area (Å²) in [5, 5.41) is 0. The molecule has 4 rings (SSSR count). The van der Waals surface area contributed by atoms with Crippen molar-refractivity contribution in [3.05, 3.63) is 76.6 Å². The Kier molecular flexibility index (Phi) is 5.30. The molecule has 1 aliphatic rings. The summed E-state index contributed by atoms with van der Waals surface area (Å²) in [4.78, 5) is 33.9. The van der Waals surface area contributed by atoms with Crippen molar-refractivity contribution < 1.29 is 22.4 Å². The first-order chi connectivity index (χ1) is 14.8. The van der Waals surface area contributed by atoms with Gasteiger partial charge in [-0.05, 0) is 18.6 Å². The molecule has 0 saturated heterocycles. The third-order valence-electron chi connectivity index (χ3n) is 5.09. The molecular weight excluding hydrogens is 416 g/mol. The average molecular weight is 432 g/mol. The predicted molar refractivity (Wildman–Crippen MR) is 104 cm³/mol. The molecule has 0 aliphatic carbocycles. The molecule has 0 amide bonds. The Labute approximate surface area is 173 Å². The number of carbonyl (C=O) groups is 1. The lowest BCUT2D eigenvalue weighted by Gasteiger charge is -2.38. The fourth-order valence-electron chi connectivity index (χ4n) is 3.58. The number of aromatic nitrogens is 3. The number of ketones is 1.